The Bertz CT molecular complexity index is 466. The number of carbonyl (C=O) groups excluding carboxylic acids is 1. The van der Waals surface area contributed by atoms with E-state index in [0.29, 0.717) is 13.1 Å². The summed E-state index contributed by atoms with van der Waals surface area (Å²) in [4.78, 5) is 13.1. The van der Waals surface area contributed by atoms with E-state index in [9.17, 15) is 4.79 Å². The van der Waals surface area contributed by atoms with E-state index in [1.165, 1.54) is 6.26 Å². The fraction of sp³-hybridized carbons (Fsp3) is 0.615. The summed E-state index contributed by atoms with van der Waals surface area (Å²) >= 11 is 18.2. The van der Waals surface area contributed by atoms with Gasteiger partial charge in [0.25, 0.3) is 9.70 Å². The number of hydrogen-bond acceptors (Lipinski definition) is 3. The second-order valence-corrected chi connectivity index (χ2v) is 7.62. The Labute approximate surface area is 138 Å². The molecule has 1 aliphatic rings. The Morgan fingerprint density at radius 2 is 2.00 bits per heavy atom. The third kappa shape index (κ3) is 4.50. The first-order valence-electron chi connectivity index (χ1n) is 6.68. The maximum atomic E-state index is 12.1. The lowest BCUT2D eigenvalue weighted by Gasteiger charge is -2.39. The summed E-state index contributed by atoms with van der Waals surface area (Å²) in [7, 11) is 0. The first kappa shape index (κ1) is 16.9. The monoisotopic (exact) mass is 355 g/mol. The van der Waals surface area contributed by atoms with Crippen LogP contribution in [0.25, 0.3) is 0 Å². The molecule has 118 valence electrons. The van der Waals surface area contributed by atoms with Gasteiger partial charge in [-0.3, -0.25) is 10.1 Å². The lowest BCUT2D eigenvalue weighted by atomic mass is 10.2. The van der Waals surface area contributed by atoms with Gasteiger partial charge in [-0.25, -0.2) is 0 Å². The molecule has 0 spiro atoms. The highest BCUT2D eigenvalue weighted by atomic mass is 35.6. The van der Waals surface area contributed by atoms with Crippen molar-refractivity contribution in [2.45, 2.75) is 36.0 Å². The van der Waals surface area contributed by atoms with Crippen molar-refractivity contribution in [1.82, 2.24) is 5.32 Å². The van der Waals surface area contributed by atoms with Crippen LogP contribution in [0.3, 0.4) is 0 Å². The van der Waals surface area contributed by atoms with Crippen LogP contribution in [0.15, 0.2) is 22.8 Å². The zero-order chi connectivity index (χ0) is 15.6. The molecule has 1 aromatic rings. The number of quaternary nitrogens is 1. The average Bonchev–Trinajstić information content (AvgIpc) is 2.86. The number of nitrogens with one attached hydrogen (secondary N) is 2. The first-order chi connectivity index (χ1) is 9.77. The molecule has 1 aliphatic heterocycles. The summed E-state index contributed by atoms with van der Waals surface area (Å²) in [6, 6.07) is 3.19. The number of carbonyl (C=O) groups is 1. The molecule has 0 aliphatic carbocycles. The molecule has 2 heterocycles. The summed E-state index contributed by atoms with van der Waals surface area (Å²) in [6.45, 7) is 5.20. The van der Waals surface area contributed by atoms with E-state index in [1.807, 2.05) is 13.8 Å². The molecule has 0 unspecified atom stereocenters. The lowest BCUT2D eigenvalue weighted by molar-refractivity contribution is -0.941. The van der Waals surface area contributed by atoms with Gasteiger partial charge in [0.2, 0.25) is 6.17 Å². The van der Waals surface area contributed by atoms with Crippen LogP contribution in [0.5, 0.6) is 0 Å². The van der Waals surface area contributed by atoms with Crippen molar-refractivity contribution in [3.63, 3.8) is 0 Å². The highest BCUT2D eigenvalue weighted by molar-refractivity contribution is 6.68. The van der Waals surface area contributed by atoms with Crippen molar-refractivity contribution in [2.24, 2.45) is 0 Å². The average molecular weight is 357 g/mol. The molecule has 0 bridgehead atoms. The molecule has 3 atom stereocenters. The Morgan fingerprint density at radius 3 is 2.48 bits per heavy atom. The number of alkyl halides is 3. The highest BCUT2D eigenvalue weighted by Gasteiger charge is 2.45. The molecule has 1 saturated heterocycles. The molecular weight excluding hydrogens is 339 g/mol. The van der Waals surface area contributed by atoms with Crippen LogP contribution in [0.1, 0.15) is 24.4 Å². The van der Waals surface area contributed by atoms with Gasteiger partial charge in [-0.1, -0.05) is 34.8 Å². The fourth-order valence-corrected chi connectivity index (χ4v) is 3.20. The van der Waals surface area contributed by atoms with Crippen molar-refractivity contribution in [2.75, 3.05) is 13.1 Å². The SMILES string of the molecule is C[C@@H]1C[NH+]([C@H](NC(=O)c2ccco2)C(Cl)(Cl)Cl)C[C@@H](C)O1. The van der Waals surface area contributed by atoms with Crippen LogP contribution >= 0.6 is 34.8 Å². The molecule has 1 aromatic heterocycles. The predicted octanol–water partition coefficient (Wildman–Crippen LogP) is 1.40. The molecular formula is C13H18Cl3N2O3+. The predicted molar refractivity (Wildman–Crippen MR) is 81.0 cm³/mol. The van der Waals surface area contributed by atoms with Gasteiger partial charge in [-0.05, 0) is 26.0 Å². The largest absolute Gasteiger partial charge is 0.459 e. The van der Waals surface area contributed by atoms with Gasteiger partial charge in [0.1, 0.15) is 25.3 Å². The second-order valence-electron chi connectivity index (χ2n) is 5.25. The van der Waals surface area contributed by atoms with Gasteiger partial charge < -0.3 is 14.1 Å². The molecule has 1 fully saturated rings. The van der Waals surface area contributed by atoms with E-state index in [-0.39, 0.29) is 18.0 Å². The van der Waals surface area contributed by atoms with Crippen molar-refractivity contribution < 1.29 is 18.8 Å². The van der Waals surface area contributed by atoms with Crippen LogP contribution in [0.2, 0.25) is 0 Å². The quantitative estimate of drug-likeness (QED) is 0.805. The minimum atomic E-state index is -1.63. The molecule has 2 rings (SSSR count). The summed E-state index contributed by atoms with van der Waals surface area (Å²) in [5.41, 5.74) is 0. The van der Waals surface area contributed by atoms with E-state index in [2.05, 4.69) is 5.32 Å². The van der Waals surface area contributed by atoms with E-state index >= 15 is 0 Å². The van der Waals surface area contributed by atoms with Crippen molar-refractivity contribution in [3.05, 3.63) is 24.2 Å². The van der Waals surface area contributed by atoms with Crippen molar-refractivity contribution in [3.8, 4) is 0 Å². The summed E-state index contributed by atoms with van der Waals surface area (Å²) in [6.07, 6.45) is 0.789. The minimum Gasteiger partial charge on any atom is -0.459 e. The van der Waals surface area contributed by atoms with Gasteiger partial charge in [0.15, 0.2) is 5.76 Å². The molecule has 0 aromatic carbocycles. The summed E-state index contributed by atoms with van der Waals surface area (Å²) in [5.74, 6) is -0.223. The topological polar surface area (TPSA) is 55.9 Å². The van der Waals surface area contributed by atoms with Gasteiger partial charge >= 0.3 is 0 Å². The zero-order valence-electron chi connectivity index (χ0n) is 11.7. The number of hydrogen-bond donors (Lipinski definition) is 2. The normalized spacial score (nSPS) is 28.1. The maximum Gasteiger partial charge on any atom is 0.291 e. The van der Waals surface area contributed by atoms with Crippen LogP contribution in [0.4, 0.5) is 0 Å². The third-order valence-corrected chi connectivity index (χ3v) is 3.97. The van der Waals surface area contributed by atoms with Crippen LogP contribution in [-0.4, -0.2) is 41.2 Å². The van der Waals surface area contributed by atoms with E-state index in [0.717, 1.165) is 4.90 Å². The summed E-state index contributed by atoms with van der Waals surface area (Å²) in [5, 5.41) is 2.75. The zero-order valence-corrected chi connectivity index (χ0v) is 14.0. The molecule has 21 heavy (non-hydrogen) atoms. The fourth-order valence-electron chi connectivity index (χ4n) is 2.58. The van der Waals surface area contributed by atoms with E-state index in [4.69, 9.17) is 44.0 Å². The van der Waals surface area contributed by atoms with Crippen LogP contribution in [-0.2, 0) is 4.74 Å². The van der Waals surface area contributed by atoms with Gasteiger partial charge in [-0.2, -0.15) is 0 Å². The maximum absolute atomic E-state index is 12.1. The van der Waals surface area contributed by atoms with Crippen LogP contribution in [0, 0.1) is 0 Å². The third-order valence-electron chi connectivity index (χ3n) is 3.32. The Hall–Kier alpha value is -0.460. The smallest absolute Gasteiger partial charge is 0.291 e. The standard InChI is InChI=1S/C13H17Cl3N2O3/c1-8-6-18(7-9(2)21-8)12(13(14,15)16)17-11(19)10-4-3-5-20-10/h3-5,8-9,12H,6-7H2,1-2H3,(H,17,19)/p+1/t8-,9-,12+/m1/s1. The Morgan fingerprint density at radius 1 is 1.38 bits per heavy atom. The first-order valence-corrected chi connectivity index (χ1v) is 7.82. The van der Waals surface area contributed by atoms with Crippen molar-refractivity contribution >= 4 is 40.7 Å². The Balaban J connectivity index is 2.13. The second kappa shape index (κ2) is 6.75. The number of morpholine rings is 1. The number of amides is 1. The Kier molecular flexibility index (Phi) is 5.43. The molecule has 0 radical (unpaired) electrons. The molecule has 1 amide bonds. The number of furan rings is 1. The highest BCUT2D eigenvalue weighted by Crippen LogP contribution is 2.28. The van der Waals surface area contributed by atoms with E-state index in [1.54, 1.807) is 12.1 Å². The van der Waals surface area contributed by atoms with Gasteiger partial charge in [-0.15, -0.1) is 0 Å². The molecule has 2 N–H and O–H groups in total. The van der Waals surface area contributed by atoms with Crippen LogP contribution < -0.4 is 10.2 Å². The van der Waals surface area contributed by atoms with Crippen molar-refractivity contribution in [1.29, 1.82) is 0 Å². The molecule has 8 heteroatoms. The number of ether oxygens (including phenoxy) is 1. The summed E-state index contributed by atoms with van der Waals surface area (Å²) < 4.78 is 9.11. The van der Waals surface area contributed by atoms with E-state index < -0.39 is 15.9 Å². The number of halogens is 3. The molecule has 0 saturated carbocycles. The van der Waals surface area contributed by atoms with Gasteiger partial charge in [0.05, 0.1) is 6.26 Å². The minimum absolute atomic E-state index is 0.0270. The molecule has 5 nitrogen and oxygen atoms in total. The lowest BCUT2D eigenvalue weighted by Crippen LogP contribution is -3.22. The van der Waals surface area contributed by atoms with Gasteiger partial charge in [0, 0.05) is 0 Å². The number of rotatable bonds is 3.